The zero-order valence-corrected chi connectivity index (χ0v) is 16.9. The highest BCUT2D eigenvalue weighted by Crippen LogP contribution is 2.66. The minimum Gasteiger partial charge on any atom is -0.387 e. The van der Waals surface area contributed by atoms with Gasteiger partial charge in [-0.15, -0.1) is 0 Å². The second-order valence-electron chi connectivity index (χ2n) is 5.60. The first-order valence-corrected chi connectivity index (χ1v) is 11.9. The van der Waals surface area contributed by atoms with Gasteiger partial charge in [0.25, 0.3) is 0 Å². The Hall–Kier alpha value is -1.10. The minimum atomic E-state index is -5.76. The van der Waals surface area contributed by atoms with E-state index in [4.69, 9.17) is 25.2 Å². The number of rotatable bonds is 8. The predicted molar refractivity (Wildman–Crippen MR) is 88.6 cm³/mol. The second-order valence-corrected chi connectivity index (χ2v) is 10.0. The Morgan fingerprint density at radius 2 is 1.73 bits per heavy atom. The maximum atomic E-state index is 13.5. The topological polar surface area (TPSA) is 270 Å². The highest BCUT2D eigenvalue weighted by Gasteiger charge is 2.47. The highest BCUT2D eigenvalue weighted by molar-refractivity contribution is 7.66. The molecular formula is C9H15FN3O14P3. The van der Waals surface area contributed by atoms with Crippen molar-refractivity contribution in [2.45, 2.75) is 24.5 Å². The van der Waals surface area contributed by atoms with Crippen LogP contribution in [0.1, 0.15) is 6.23 Å². The number of hydrogen-bond acceptors (Lipinski definition) is 12. The van der Waals surface area contributed by atoms with Crippen molar-refractivity contribution in [3.8, 4) is 0 Å². The van der Waals surface area contributed by atoms with Gasteiger partial charge in [0.05, 0.1) is 12.8 Å². The molecule has 1 aromatic heterocycles. The summed E-state index contributed by atoms with van der Waals surface area (Å²) in [5.41, 5.74) is 3.95. The van der Waals surface area contributed by atoms with Crippen molar-refractivity contribution in [2.75, 3.05) is 12.3 Å². The largest absolute Gasteiger partial charge is 0.490 e. The summed E-state index contributed by atoms with van der Waals surface area (Å²) in [4.78, 5) is 50.2. The number of aliphatic hydroxyl groups excluding tert-OH is 2. The van der Waals surface area contributed by atoms with Crippen LogP contribution in [0.5, 0.6) is 0 Å². The molecule has 21 heteroatoms. The normalized spacial score (nSPS) is 28.8. The van der Waals surface area contributed by atoms with Gasteiger partial charge in [-0.25, -0.2) is 22.9 Å². The Balaban J connectivity index is 2.09. The molecule has 2 unspecified atom stereocenters. The van der Waals surface area contributed by atoms with E-state index in [0.29, 0.717) is 10.8 Å². The van der Waals surface area contributed by atoms with Crippen molar-refractivity contribution < 1.29 is 65.8 Å². The molecular weight excluding hydrogens is 486 g/mol. The fourth-order valence-corrected chi connectivity index (χ4v) is 5.24. The molecule has 0 aliphatic carbocycles. The molecule has 0 spiro atoms. The molecule has 0 radical (unpaired) electrons. The number of phosphoric ester groups is 1. The number of nitrogen functional groups attached to an aromatic ring is 1. The Labute approximate surface area is 164 Å². The third-order valence-corrected chi connectivity index (χ3v) is 7.17. The summed E-state index contributed by atoms with van der Waals surface area (Å²) < 4.78 is 63.7. The van der Waals surface area contributed by atoms with Crippen molar-refractivity contribution in [1.29, 1.82) is 0 Å². The molecule has 2 rings (SSSR count). The van der Waals surface area contributed by atoms with Gasteiger partial charge in [0, 0.05) is 0 Å². The Morgan fingerprint density at radius 3 is 2.30 bits per heavy atom. The Morgan fingerprint density at radius 1 is 1.13 bits per heavy atom. The minimum absolute atomic E-state index is 0.435. The highest BCUT2D eigenvalue weighted by atomic mass is 31.3. The van der Waals surface area contributed by atoms with Crippen molar-refractivity contribution >= 4 is 29.3 Å². The molecule has 1 aliphatic heterocycles. The molecule has 17 nitrogen and oxygen atoms in total. The average Bonchev–Trinajstić information content (AvgIpc) is 2.81. The van der Waals surface area contributed by atoms with Crippen LogP contribution in [-0.4, -0.2) is 64.3 Å². The molecule has 0 bridgehead atoms. The second kappa shape index (κ2) is 8.80. The van der Waals surface area contributed by atoms with Crippen LogP contribution in [0.3, 0.4) is 0 Å². The van der Waals surface area contributed by atoms with Crippen molar-refractivity contribution in [2.24, 2.45) is 0 Å². The summed E-state index contributed by atoms with van der Waals surface area (Å²) in [6.07, 6.45) is -6.64. The third kappa shape index (κ3) is 6.45. The molecule has 1 aliphatic rings. The average molecular weight is 501 g/mol. The van der Waals surface area contributed by atoms with E-state index >= 15 is 0 Å². The van der Waals surface area contributed by atoms with Gasteiger partial charge in [0.15, 0.2) is 17.9 Å². The molecule has 0 aromatic carbocycles. The summed E-state index contributed by atoms with van der Waals surface area (Å²) in [7, 11) is -16.9. The number of nitrogens with two attached hydrogens (primary N) is 1. The summed E-state index contributed by atoms with van der Waals surface area (Å²) in [5, 5.41) is 19.9. The van der Waals surface area contributed by atoms with Crippen LogP contribution >= 0.6 is 23.5 Å². The number of aromatic nitrogens is 2. The molecule has 1 fully saturated rings. The van der Waals surface area contributed by atoms with Crippen molar-refractivity contribution in [3.05, 3.63) is 22.5 Å². The fourth-order valence-electron chi connectivity index (χ4n) is 2.21. The van der Waals surface area contributed by atoms with E-state index in [1.54, 1.807) is 0 Å². The molecule has 172 valence electrons. The van der Waals surface area contributed by atoms with Crippen LogP contribution in [0.2, 0.25) is 0 Å². The molecule has 0 amide bonds. The van der Waals surface area contributed by atoms with Gasteiger partial charge in [0.2, 0.25) is 0 Å². The maximum absolute atomic E-state index is 13.5. The van der Waals surface area contributed by atoms with Crippen LogP contribution in [0.15, 0.2) is 11.0 Å². The number of nitrogens with zero attached hydrogens (tertiary/aromatic N) is 2. The first kappa shape index (κ1) is 25.2. The van der Waals surface area contributed by atoms with E-state index in [0.717, 1.165) is 0 Å². The number of anilines is 1. The lowest BCUT2D eigenvalue weighted by Gasteiger charge is -2.19. The lowest BCUT2D eigenvalue weighted by atomic mass is 10.1. The van der Waals surface area contributed by atoms with Gasteiger partial charge in [-0.05, 0) is 0 Å². The lowest BCUT2D eigenvalue weighted by molar-refractivity contribution is -0.0545. The zero-order chi connectivity index (χ0) is 23.1. The van der Waals surface area contributed by atoms with E-state index in [2.05, 4.69) is 18.1 Å². The van der Waals surface area contributed by atoms with E-state index in [9.17, 15) is 38.0 Å². The van der Waals surface area contributed by atoms with Crippen LogP contribution in [0.4, 0.5) is 10.2 Å². The third-order valence-electron chi connectivity index (χ3n) is 3.36. The standard InChI is InChI=1S/C9H15FN3O14P3/c10-3-1-13(9(16)12-7(3)11)8-6(15)5(14)4(25-8)2-24-29(20,21)27-30(22,23)26-28(17,18)19/h1,4-6,8,14-15H,2H2,(H,20,21)(H,22,23)(H2,11,12,16)(H2,17,18,19)/t4-,5+,6+,8-/m1/s1. The van der Waals surface area contributed by atoms with E-state index in [1.165, 1.54) is 0 Å². The lowest BCUT2D eigenvalue weighted by Crippen LogP contribution is -2.36. The quantitative estimate of drug-likeness (QED) is 0.188. The van der Waals surface area contributed by atoms with E-state index in [1.807, 2.05) is 0 Å². The molecule has 6 atom stereocenters. The number of halogens is 1. The van der Waals surface area contributed by atoms with Crippen molar-refractivity contribution in [1.82, 2.24) is 9.55 Å². The Bertz CT molecular complexity index is 997. The van der Waals surface area contributed by atoms with E-state index < -0.39 is 71.9 Å². The van der Waals surface area contributed by atoms with Crippen LogP contribution in [0.25, 0.3) is 0 Å². The summed E-state index contributed by atoms with van der Waals surface area (Å²) in [6.45, 7) is -1.11. The number of aliphatic hydroxyl groups is 2. The van der Waals surface area contributed by atoms with Gasteiger partial charge in [0.1, 0.15) is 18.3 Å². The van der Waals surface area contributed by atoms with Gasteiger partial charge in [-0.2, -0.15) is 13.6 Å². The summed E-state index contributed by atoms with van der Waals surface area (Å²) in [6, 6.07) is 0. The van der Waals surface area contributed by atoms with Gasteiger partial charge in [-0.3, -0.25) is 9.09 Å². The van der Waals surface area contributed by atoms with Crippen LogP contribution in [-0.2, 0) is 31.6 Å². The number of phosphoric acid groups is 3. The molecule has 30 heavy (non-hydrogen) atoms. The molecule has 0 saturated carbocycles. The van der Waals surface area contributed by atoms with Crippen LogP contribution < -0.4 is 11.4 Å². The molecule has 1 saturated heterocycles. The van der Waals surface area contributed by atoms with Gasteiger partial charge >= 0.3 is 29.2 Å². The fraction of sp³-hybridized carbons (Fsp3) is 0.556. The summed E-state index contributed by atoms with van der Waals surface area (Å²) in [5.74, 6) is -1.90. The summed E-state index contributed by atoms with van der Waals surface area (Å²) >= 11 is 0. The maximum Gasteiger partial charge on any atom is 0.490 e. The van der Waals surface area contributed by atoms with Gasteiger partial charge in [-0.1, -0.05) is 0 Å². The van der Waals surface area contributed by atoms with Crippen molar-refractivity contribution in [3.63, 3.8) is 0 Å². The zero-order valence-electron chi connectivity index (χ0n) is 14.2. The smallest absolute Gasteiger partial charge is 0.387 e. The monoisotopic (exact) mass is 501 g/mol. The SMILES string of the molecule is Nc1nc(=O)n([C@@H]2O[C@H](COP(=O)(O)OP(=O)(O)OP(=O)(O)O)[C@H](O)[C@@H]2O)cc1F. The van der Waals surface area contributed by atoms with Crippen LogP contribution in [0, 0.1) is 5.82 Å². The first-order valence-electron chi connectivity index (χ1n) is 7.35. The van der Waals surface area contributed by atoms with E-state index in [-0.39, 0.29) is 0 Å². The number of hydrogen-bond donors (Lipinski definition) is 7. The van der Waals surface area contributed by atoms with Gasteiger partial charge < -0.3 is 40.3 Å². The predicted octanol–water partition coefficient (Wildman–Crippen LogP) is -2.07. The number of ether oxygens (including phenoxy) is 1. The molecule has 2 heterocycles. The molecule has 8 N–H and O–H groups in total. The molecule has 1 aromatic rings. The first-order chi connectivity index (χ1) is 13.5. The Kier molecular flexibility index (Phi) is 7.38.